The largest absolute Gasteiger partial charge is 0.497 e. The highest BCUT2D eigenvalue weighted by Gasteiger charge is 2.13. The molecule has 2 aromatic heterocycles. The number of aromatic nitrogens is 2. The second kappa shape index (κ2) is 5.37. The van der Waals surface area contributed by atoms with E-state index in [2.05, 4.69) is 15.3 Å². The number of ether oxygens (including phenoxy) is 1. The highest BCUT2D eigenvalue weighted by molar-refractivity contribution is 7.22. The molecule has 106 valence electrons. The molecule has 21 heavy (non-hydrogen) atoms. The van der Waals surface area contributed by atoms with Crippen LogP contribution in [0, 0.1) is 0 Å². The first-order valence-electron chi connectivity index (χ1n) is 6.14. The number of rotatable bonds is 3. The smallest absolute Gasteiger partial charge is 0.278 e. The minimum absolute atomic E-state index is 0.189. The molecule has 0 fully saturated rings. The summed E-state index contributed by atoms with van der Waals surface area (Å²) in [5, 5.41) is 3.20. The number of benzene rings is 1. The average Bonchev–Trinajstić information content (AvgIpc) is 2.88. The van der Waals surface area contributed by atoms with Gasteiger partial charge in [0.25, 0.3) is 5.91 Å². The molecule has 6 nitrogen and oxygen atoms in total. The zero-order valence-electron chi connectivity index (χ0n) is 11.2. The number of nitrogens with one attached hydrogen (secondary N) is 1. The Morgan fingerprint density at radius 1 is 1.38 bits per heavy atom. The molecule has 7 heteroatoms. The molecular weight excluding hydrogens is 288 g/mol. The Bertz CT molecular complexity index is 816. The number of fused-ring (bicyclic) bond motifs is 1. The zero-order chi connectivity index (χ0) is 14.8. The van der Waals surface area contributed by atoms with Gasteiger partial charge in [-0.3, -0.25) is 10.1 Å². The molecule has 0 aliphatic rings. The molecule has 0 radical (unpaired) electrons. The van der Waals surface area contributed by atoms with Gasteiger partial charge in [0.05, 0.1) is 23.0 Å². The molecule has 3 aromatic rings. The van der Waals surface area contributed by atoms with Crippen LogP contribution in [-0.2, 0) is 0 Å². The summed E-state index contributed by atoms with van der Waals surface area (Å²) in [6.45, 7) is 0. The minimum Gasteiger partial charge on any atom is -0.497 e. The highest BCUT2D eigenvalue weighted by atomic mass is 32.1. The minimum atomic E-state index is -0.376. The van der Waals surface area contributed by atoms with Crippen molar-refractivity contribution in [3.05, 3.63) is 42.2 Å². The average molecular weight is 300 g/mol. The van der Waals surface area contributed by atoms with E-state index in [1.165, 1.54) is 17.5 Å². The van der Waals surface area contributed by atoms with Gasteiger partial charge in [0.1, 0.15) is 5.75 Å². The summed E-state index contributed by atoms with van der Waals surface area (Å²) in [5.41, 5.74) is 7.05. The van der Waals surface area contributed by atoms with E-state index in [4.69, 9.17) is 10.5 Å². The van der Waals surface area contributed by atoms with Crippen LogP contribution >= 0.6 is 11.3 Å². The quantitative estimate of drug-likeness (QED) is 0.775. The van der Waals surface area contributed by atoms with Crippen LogP contribution in [0.1, 0.15) is 10.5 Å². The summed E-state index contributed by atoms with van der Waals surface area (Å²) in [4.78, 5) is 20.4. The Balaban J connectivity index is 1.88. The van der Waals surface area contributed by atoms with E-state index >= 15 is 0 Å². The van der Waals surface area contributed by atoms with E-state index in [0.29, 0.717) is 10.8 Å². The predicted molar refractivity (Wildman–Crippen MR) is 82.8 cm³/mol. The predicted octanol–water partition coefficient (Wildman–Crippen LogP) is 2.53. The number of amides is 1. The van der Waals surface area contributed by atoms with Gasteiger partial charge >= 0.3 is 0 Å². The van der Waals surface area contributed by atoms with Crippen LogP contribution in [0.15, 0.2) is 36.5 Å². The van der Waals surface area contributed by atoms with Crippen molar-refractivity contribution in [2.45, 2.75) is 0 Å². The summed E-state index contributed by atoms with van der Waals surface area (Å²) in [6.07, 6.45) is 1.52. The fraction of sp³-hybridized carbons (Fsp3) is 0.0714. The van der Waals surface area contributed by atoms with Crippen molar-refractivity contribution in [1.82, 2.24) is 9.97 Å². The topological polar surface area (TPSA) is 90.1 Å². The zero-order valence-corrected chi connectivity index (χ0v) is 12.0. The number of carbonyl (C=O) groups excluding carboxylic acids is 1. The van der Waals surface area contributed by atoms with Crippen molar-refractivity contribution in [1.29, 1.82) is 0 Å². The number of pyridine rings is 1. The lowest BCUT2D eigenvalue weighted by Gasteiger charge is -2.02. The van der Waals surface area contributed by atoms with E-state index in [0.717, 1.165) is 16.0 Å². The monoisotopic (exact) mass is 300 g/mol. The number of nitrogen functional groups attached to an aromatic ring is 1. The van der Waals surface area contributed by atoms with E-state index in [1.54, 1.807) is 19.2 Å². The Hall–Kier alpha value is -2.67. The summed E-state index contributed by atoms with van der Waals surface area (Å²) in [5.74, 6) is 0.372. The molecule has 2 heterocycles. The van der Waals surface area contributed by atoms with Gasteiger partial charge in [-0.15, -0.1) is 0 Å². The Labute approximate surface area is 124 Å². The number of nitrogens with zero attached hydrogens (tertiary/aromatic N) is 2. The van der Waals surface area contributed by atoms with Gasteiger partial charge in [-0.05, 0) is 30.3 Å². The fourth-order valence-corrected chi connectivity index (χ4v) is 2.74. The SMILES string of the molecule is COc1ccc2nc(NC(=O)c3ncccc3N)sc2c1. The first kappa shape index (κ1) is 13.3. The molecular formula is C14H12N4O2S. The van der Waals surface area contributed by atoms with Gasteiger partial charge < -0.3 is 10.5 Å². The van der Waals surface area contributed by atoms with Gasteiger partial charge in [-0.2, -0.15) is 0 Å². The second-order valence-electron chi connectivity index (χ2n) is 4.25. The van der Waals surface area contributed by atoms with Crippen LogP contribution in [0.4, 0.5) is 10.8 Å². The second-order valence-corrected chi connectivity index (χ2v) is 5.28. The molecule has 1 aromatic carbocycles. The Morgan fingerprint density at radius 2 is 2.24 bits per heavy atom. The third-order valence-corrected chi connectivity index (χ3v) is 3.80. The third kappa shape index (κ3) is 2.63. The van der Waals surface area contributed by atoms with Crippen LogP contribution in [0.25, 0.3) is 10.2 Å². The Morgan fingerprint density at radius 3 is 3.00 bits per heavy atom. The van der Waals surface area contributed by atoms with E-state index in [1.807, 2.05) is 18.2 Å². The molecule has 0 aliphatic carbocycles. The normalized spacial score (nSPS) is 10.5. The number of methoxy groups -OCH3 is 1. The van der Waals surface area contributed by atoms with E-state index < -0.39 is 0 Å². The van der Waals surface area contributed by atoms with Crippen LogP contribution in [0.3, 0.4) is 0 Å². The van der Waals surface area contributed by atoms with E-state index in [9.17, 15) is 4.79 Å². The molecule has 0 atom stereocenters. The van der Waals surface area contributed by atoms with Gasteiger partial charge in [0.2, 0.25) is 0 Å². The highest BCUT2D eigenvalue weighted by Crippen LogP contribution is 2.29. The number of carbonyl (C=O) groups is 1. The van der Waals surface area contributed by atoms with Crippen LogP contribution in [0.5, 0.6) is 5.75 Å². The number of nitrogens with two attached hydrogens (primary N) is 1. The van der Waals surface area contributed by atoms with Gasteiger partial charge in [-0.25, -0.2) is 9.97 Å². The lowest BCUT2D eigenvalue weighted by atomic mass is 10.3. The number of hydrogen-bond donors (Lipinski definition) is 2. The van der Waals surface area contributed by atoms with Crippen molar-refractivity contribution >= 4 is 38.3 Å². The number of hydrogen-bond acceptors (Lipinski definition) is 6. The van der Waals surface area contributed by atoms with Gasteiger partial charge in [0.15, 0.2) is 10.8 Å². The third-order valence-electron chi connectivity index (χ3n) is 2.87. The molecule has 3 N–H and O–H groups in total. The van der Waals surface area contributed by atoms with Gasteiger partial charge in [-0.1, -0.05) is 11.3 Å². The first-order chi connectivity index (χ1) is 10.2. The molecule has 0 saturated heterocycles. The number of anilines is 2. The summed E-state index contributed by atoms with van der Waals surface area (Å²) >= 11 is 1.36. The first-order valence-corrected chi connectivity index (χ1v) is 6.95. The maximum Gasteiger partial charge on any atom is 0.278 e. The molecule has 1 amide bonds. The summed E-state index contributed by atoms with van der Waals surface area (Å²) in [7, 11) is 1.61. The van der Waals surface area contributed by atoms with Crippen LogP contribution in [0.2, 0.25) is 0 Å². The molecule has 3 rings (SSSR count). The lowest BCUT2D eigenvalue weighted by Crippen LogP contribution is -2.15. The standard InChI is InChI=1S/C14H12N4O2S/c1-20-8-4-5-10-11(7-8)21-14(17-10)18-13(19)12-9(15)3-2-6-16-12/h2-7H,15H2,1H3,(H,17,18,19). The lowest BCUT2D eigenvalue weighted by molar-refractivity contribution is 0.102. The van der Waals surface area contributed by atoms with Crippen molar-refractivity contribution < 1.29 is 9.53 Å². The molecule has 0 spiro atoms. The van der Waals surface area contributed by atoms with Crippen LogP contribution in [-0.4, -0.2) is 23.0 Å². The van der Waals surface area contributed by atoms with E-state index in [-0.39, 0.29) is 11.6 Å². The van der Waals surface area contributed by atoms with Crippen molar-refractivity contribution in [3.8, 4) is 5.75 Å². The molecule has 0 unspecified atom stereocenters. The van der Waals surface area contributed by atoms with Gasteiger partial charge in [0, 0.05) is 6.20 Å². The molecule has 0 aliphatic heterocycles. The fourth-order valence-electron chi connectivity index (χ4n) is 1.85. The maximum absolute atomic E-state index is 12.1. The Kier molecular flexibility index (Phi) is 3.41. The van der Waals surface area contributed by atoms with Crippen molar-refractivity contribution in [2.24, 2.45) is 0 Å². The molecule has 0 saturated carbocycles. The number of thiazole rings is 1. The van der Waals surface area contributed by atoms with Crippen molar-refractivity contribution in [2.75, 3.05) is 18.2 Å². The summed E-state index contributed by atoms with van der Waals surface area (Å²) in [6, 6.07) is 8.85. The molecule has 0 bridgehead atoms. The van der Waals surface area contributed by atoms with Crippen LogP contribution < -0.4 is 15.8 Å². The summed E-state index contributed by atoms with van der Waals surface area (Å²) < 4.78 is 6.09. The van der Waals surface area contributed by atoms with Crippen molar-refractivity contribution in [3.63, 3.8) is 0 Å². The maximum atomic E-state index is 12.1.